The minimum absolute atomic E-state index is 0.118. The van der Waals surface area contributed by atoms with Crippen molar-refractivity contribution in [2.24, 2.45) is 0 Å². The molecule has 2 aromatic carbocycles. The van der Waals surface area contributed by atoms with Crippen LogP contribution in [-0.2, 0) is 27.0 Å². The largest absolute Gasteiger partial charge is 0.497 e. The molecule has 11 heteroatoms. The number of piperazine rings is 1. The molecule has 0 aliphatic carbocycles. The third-order valence-electron chi connectivity index (χ3n) is 8.02. The summed E-state index contributed by atoms with van der Waals surface area (Å²) in [5, 5.41) is 9.02. The van der Waals surface area contributed by atoms with E-state index in [-0.39, 0.29) is 17.2 Å². The fraction of sp³-hybridized carbons (Fsp3) is 0.438. The number of unbranched alkanes of at least 4 members (excludes halogenated alkanes) is 3. The number of rotatable bonds is 11. The van der Waals surface area contributed by atoms with Gasteiger partial charge in [-0.05, 0) is 68.6 Å². The molecular formula is C32H35F3N4O4. The first-order valence-electron chi connectivity index (χ1n) is 14.4. The van der Waals surface area contributed by atoms with Crippen molar-refractivity contribution < 1.29 is 32.3 Å². The molecule has 2 aliphatic heterocycles. The van der Waals surface area contributed by atoms with Crippen molar-refractivity contribution in [1.29, 1.82) is 5.26 Å². The zero-order chi connectivity index (χ0) is 31.1. The van der Waals surface area contributed by atoms with Crippen LogP contribution < -0.4 is 9.64 Å². The molecule has 8 nitrogen and oxygen atoms in total. The fourth-order valence-electron chi connectivity index (χ4n) is 5.46. The minimum Gasteiger partial charge on any atom is -0.497 e. The lowest BCUT2D eigenvalue weighted by Crippen LogP contribution is -2.49. The number of halogens is 3. The van der Waals surface area contributed by atoms with E-state index in [1.165, 1.54) is 19.1 Å². The van der Waals surface area contributed by atoms with E-state index in [9.17, 15) is 27.6 Å². The van der Waals surface area contributed by atoms with Crippen molar-refractivity contribution in [3.8, 4) is 11.8 Å². The molecule has 1 fully saturated rings. The van der Waals surface area contributed by atoms with Gasteiger partial charge in [0.2, 0.25) is 5.91 Å². The number of amides is 3. The number of carbonyl (C=O) groups is 3. The van der Waals surface area contributed by atoms with Gasteiger partial charge in [-0.15, -0.1) is 0 Å². The Morgan fingerprint density at radius 1 is 0.953 bits per heavy atom. The predicted octanol–water partition coefficient (Wildman–Crippen LogP) is 5.11. The molecule has 228 valence electrons. The fourth-order valence-corrected chi connectivity index (χ4v) is 5.46. The first-order valence-corrected chi connectivity index (χ1v) is 14.4. The summed E-state index contributed by atoms with van der Waals surface area (Å²) in [6, 6.07) is 11.9. The average molecular weight is 597 g/mol. The molecule has 0 radical (unpaired) electrons. The molecule has 2 aliphatic rings. The van der Waals surface area contributed by atoms with Gasteiger partial charge in [0.05, 0.1) is 36.4 Å². The Balaban J connectivity index is 1.17. The van der Waals surface area contributed by atoms with E-state index in [0.29, 0.717) is 44.0 Å². The number of nitriles is 1. The number of alkyl halides is 3. The quantitative estimate of drug-likeness (QED) is 0.264. The molecule has 0 aromatic heterocycles. The summed E-state index contributed by atoms with van der Waals surface area (Å²) in [5.41, 5.74) is -0.430. The normalized spacial score (nSPS) is 16.2. The molecule has 0 bridgehead atoms. The summed E-state index contributed by atoms with van der Waals surface area (Å²) in [7, 11) is 1.61. The summed E-state index contributed by atoms with van der Waals surface area (Å²) in [6.45, 7) is 5.45. The Bertz CT molecular complexity index is 1420. The zero-order valence-corrected chi connectivity index (χ0v) is 24.4. The van der Waals surface area contributed by atoms with E-state index in [4.69, 9.17) is 10.00 Å². The predicted molar refractivity (Wildman–Crippen MR) is 154 cm³/mol. The van der Waals surface area contributed by atoms with Gasteiger partial charge >= 0.3 is 6.18 Å². The highest BCUT2D eigenvalue weighted by atomic mass is 19.4. The average Bonchev–Trinajstić information content (AvgIpc) is 3.21. The van der Waals surface area contributed by atoms with E-state index < -0.39 is 29.1 Å². The van der Waals surface area contributed by atoms with Gasteiger partial charge in [-0.2, -0.15) is 18.4 Å². The van der Waals surface area contributed by atoms with Crippen LogP contribution in [0.2, 0.25) is 0 Å². The summed E-state index contributed by atoms with van der Waals surface area (Å²) < 4.78 is 45.4. The van der Waals surface area contributed by atoms with Crippen LogP contribution in [-0.4, -0.2) is 67.4 Å². The van der Waals surface area contributed by atoms with Gasteiger partial charge in [0, 0.05) is 37.3 Å². The molecule has 2 heterocycles. The first kappa shape index (κ1) is 31.8. The number of methoxy groups -OCH3 is 1. The Labute approximate surface area is 249 Å². The van der Waals surface area contributed by atoms with Crippen LogP contribution in [0.3, 0.4) is 0 Å². The summed E-state index contributed by atoms with van der Waals surface area (Å²) in [4.78, 5) is 43.5. The van der Waals surface area contributed by atoms with E-state index in [0.717, 1.165) is 61.2 Å². The van der Waals surface area contributed by atoms with E-state index in [1.807, 2.05) is 29.2 Å². The number of hydrogen-bond donors (Lipinski definition) is 0. The maximum Gasteiger partial charge on any atom is 0.417 e. The summed E-state index contributed by atoms with van der Waals surface area (Å²) in [5.74, 6) is -0.372. The lowest BCUT2D eigenvalue weighted by Gasteiger charge is -2.34. The molecule has 1 saturated heterocycles. The smallest absolute Gasteiger partial charge is 0.417 e. The number of hydrogen-bond acceptors (Lipinski definition) is 6. The van der Waals surface area contributed by atoms with Crippen molar-refractivity contribution in [3.05, 3.63) is 70.3 Å². The van der Waals surface area contributed by atoms with E-state index in [2.05, 4.69) is 4.90 Å². The highest BCUT2D eigenvalue weighted by molar-refractivity contribution is 6.32. The number of anilines is 1. The topological polar surface area (TPSA) is 93.9 Å². The summed E-state index contributed by atoms with van der Waals surface area (Å²) >= 11 is 0. The third kappa shape index (κ3) is 7.62. The molecule has 0 spiro atoms. The number of nitrogens with zero attached hydrogens (tertiary/aromatic N) is 4. The van der Waals surface area contributed by atoms with E-state index in [1.54, 1.807) is 7.11 Å². The zero-order valence-electron chi connectivity index (χ0n) is 24.4. The Morgan fingerprint density at radius 3 is 2.26 bits per heavy atom. The maximum atomic E-state index is 13.4. The Hall–Kier alpha value is -4.17. The SMILES string of the molecule is COc1ccc(CC(=O)N2CCN(CCCCCCC3=C(C)C(=O)N(c4ccc(C#N)c(C(F)(F)F)c4)C3=O)CC2)cc1. The molecule has 0 N–H and O–H groups in total. The van der Waals surface area contributed by atoms with Crippen molar-refractivity contribution in [2.75, 3.05) is 44.7 Å². The van der Waals surface area contributed by atoms with Gasteiger partial charge in [0.15, 0.2) is 0 Å². The first-order chi connectivity index (χ1) is 20.5. The van der Waals surface area contributed by atoms with Gasteiger partial charge in [0.1, 0.15) is 5.75 Å². The molecule has 3 amide bonds. The maximum absolute atomic E-state index is 13.4. The second kappa shape index (κ2) is 13.9. The second-order valence-corrected chi connectivity index (χ2v) is 10.8. The number of carbonyl (C=O) groups excluding carboxylic acids is 3. The molecule has 2 aromatic rings. The lowest BCUT2D eigenvalue weighted by molar-refractivity contribution is -0.138. The van der Waals surface area contributed by atoms with Gasteiger partial charge in [-0.1, -0.05) is 25.0 Å². The van der Waals surface area contributed by atoms with Crippen molar-refractivity contribution in [1.82, 2.24) is 9.80 Å². The summed E-state index contributed by atoms with van der Waals surface area (Å²) in [6.07, 6.45) is -0.650. The van der Waals surface area contributed by atoms with Crippen LogP contribution >= 0.6 is 0 Å². The third-order valence-corrected chi connectivity index (χ3v) is 8.02. The standard InChI is InChI=1S/C32H35F3N4O4/c1-22-27(31(42)39(30(22)41)25-11-10-24(21-36)28(20-25)32(33,34)35)7-5-3-4-6-14-37-15-17-38(18-16-37)29(40)19-23-8-12-26(43-2)13-9-23/h8-13,20H,3-7,14-19H2,1-2H3. The van der Waals surface area contributed by atoms with Crippen molar-refractivity contribution in [3.63, 3.8) is 0 Å². The van der Waals surface area contributed by atoms with Crippen LogP contribution in [0.1, 0.15) is 55.7 Å². The number of imide groups is 1. The Morgan fingerprint density at radius 2 is 1.63 bits per heavy atom. The van der Waals surface area contributed by atoms with Crippen LogP contribution in [0.25, 0.3) is 0 Å². The Kier molecular flexibility index (Phi) is 10.2. The van der Waals surface area contributed by atoms with Gasteiger partial charge in [-0.25, -0.2) is 4.90 Å². The van der Waals surface area contributed by atoms with Crippen molar-refractivity contribution in [2.45, 2.75) is 51.6 Å². The highest BCUT2D eigenvalue weighted by Gasteiger charge is 2.39. The van der Waals surface area contributed by atoms with Gasteiger partial charge in [0.25, 0.3) is 11.8 Å². The van der Waals surface area contributed by atoms with Crippen LogP contribution in [0.4, 0.5) is 18.9 Å². The molecule has 43 heavy (non-hydrogen) atoms. The van der Waals surface area contributed by atoms with E-state index >= 15 is 0 Å². The monoisotopic (exact) mass is 596 g/mol. The molecule has 0 atom stereocenters. The molecular weight excluding hydrogens is 561 g/mol. The van der Waals surface area contributed by atoms with Crippen LogP contribution in [0, 0.1) is 11.3 Å². The highest BCUT2D eigenvalue weighted by Crippen LogP contribution is 2.37. The number of ether oxygens (including phenoxy) is 1. The minimum atomic E-state index is -4.79. The van der Waals surface area contributed by atoms with Gasteiger partial charge < -0.3 is 9.64 Å². The van der Waals surface area contributed by atoms with Gasteiger partial charge in [-0.3, -0.25) is 19.3 Å². The van der Waals surface area contributed by atoms with Crippen molar-refractivity contribution >= 4 is 23.4 Å². The lowest BCUT2D eigenvalue weighted by atomic mass is 10.0. The van der Waals surface area contributed by atoms with Crippen LogP contribution in [0.5, 0.6) is 5.75 Å². The van der Waals surface area contributed by atoms with Crippen LogP contribution in [0.15, 0.2) is 53.6 Å². The number of benzene rings is 2. The second-order valence-electron chi connectivity index (χ2n) is 10.8. The molecule has 4 rings (SSSR count). The molecule has 0 saturated carbocycles. The molecule has 0 unspecified atom stereocenters.